The maximum Gasteiger partial charge on any atom is 0.0640 e. The van der Waals surface area contributed by atoms with E-state index in [0.29, 0.717) is 12.1 Å². The van der Waals surface area contributed by atoms with Gasteiger partial charge in [-0.25, -0.2) is 0 Å². The number of aromatic nitrogens is 3. The Kier molecular flexibility index (Phi) is 5.30. The Morgan fingerprint density at radius 3 is 2.65 bits per heavy atom. The van der Waals surface area contributed by atoms with Crippen LogP contribution in [0.25, 0.3) is 0 Å². The van der Waals surface area contributed by atoms with Gasteiger partial charge < -0.3 is 5.32 Å². The second kappa shape index (κ2) is 7.20. The van der Waals surface area contributed by atoms with Gasteiger partial charge in [-0.1, -0.05) is 13.0 Å². The number of likely N-dealkylation sites (N-methyl/N-ethyl adjacent to an activating group) is 1. The SMILES string of the molecule is CCC(C)n1ccc(CC(Cc2ccccn2)NC)n1. The quantitative estimate of drug-likeness (QED) is 0.842. The van der Waals surface area contributed by atoms with E-state index < -0.39 is 0 Å². The molecule has 0 aromatic carbocycles. The Bertz CT molecular complexity index is 506. The lowest BCUT2D eigenvalue weighted by molar-refractivity contribution is 0.467. The number of hydrogen-bond donors (Lipinski definition) is 1. The molecule has 4 heteroatoms. The van der Waals surface area contributed by atoms with Gasteiger partial charge in [0.25, 0.3) is 0 Å². The van der Waals surface area contributed by atoms with Gasteiger partial charge in [-0.3, -0.25) is 9.67 Å². The molecule has 2 atom stereocenters. The molecule has 1 N–H and O–H groups in total. The number of rotatable bonds is 7. The average molecular weight is 272 g/mol. The molecular formula is C16H24N4. The zero-order valence-electron chi connectivity index (χ0n) is 12.6. The maximum atomic E-state index is 4.67. The summed E-state index contributed by atoms with van der Waals surface area (Å²) in [6.45, 7) is 4.38. The van der Waals surface area contributed by atoms with Crippen LogP contribution >= 0.6 is 0 Å². The minimum absolute atomic E-state index is 0.366. The van der Waals surface area contributed by atoms with E-state index in [2.05, 4.69) is 52.3 Å². The second-order valence-electron chi connectivity index (χ2n) is 5.26. The van der Waals surface area contributed by atoms with Crippen molar-refractivity contribution in [3.05, 3.63) is 48.0 Å². The lowest BCUT2D eigenvalue weighted by Crippen LogP contribution is -2.30. The summed E-state index contributed by atoms with van der Waals surface area (Å²) in [5, 5.41) is 8.03. The van der Waals surface area contributed by atoms with E-state index in [0.717, 1.165) is 30.7 Å². The summed E-state index contributed by atoms with van der Waals surface area (Å²) < 4.78 is 2.06. The maximum absolute atomic E-state index is 4.67. The van der Waals surface area contributed by atoms with E-state index in [9.17, 15) is 0 Å². The van der Waals surface area contributed by atoms with Crippen LogP contribution in [0.15, 0.2) is 36.7 Å². The number of pyridine rings is 1. The van der Waals surface area contributed by atoms with Crippen molar-refractivity contribution < 1.29 is 0 Å². The minimum atomic E-state index is 0.366. The topological polar surface area (TPSA) is 42.7 Å². The van der Waals surface area contributed by atoms with Gasteiger partial charge in [0.05, 0.1) is 5.69 Å². The number of nitrogens with one attached hydrogen (secondary N) is 1. The molecule has 0 amide bonds. The highest BCUT2D eigenvalue weighted by atomic mass is 15.3. The molecule has 2 rings (SSSR count). The third-order valence-corrected chi connectivity index (χ3v) is 3.75. The van der Waals surface area contributed by atoms with Crippen LogP contribution in [0.5, 0.6) is 0 Å². The van der Waals surface area contributed by atoms with Gasteiger partial charge in [-0.15, -0.1) is 0 Å². The highest BCUT2D eigenvalue weighted by Gasteiger charge is 2.12. The summed E-state index contributed by atoms with van der Waals surface area (Å²) in [5.74, 6) is 0. The van der Waals surface area contributed by atoms with Crippen LogP contribution in [0.2, 0.25) is 0 Å². The number of nitrogens with zero attached hydrogens (tertiary/aromatic N) is 3. The third-order valence-electron chi connectivity index (χ3n) is 3.75. The molecule has 0 saturated heterocycles. The number of hydrogen-bond acceptors (Lipinski definition) is 3. The van der Waals surface area contributed by atoms with Gasteiger partial charge in [0.15, 0.2) is 0 Å². The van der Waals surface area contributed by atoms with Crippen LogP contribution in [-0.2, 0) is 12.8 Å². The van der Waals surface area contributed by atoms with Crippen molar-refractivity contribution in [2.45, 2.75) is 45.2 Å². The normalized spacial score (nSPS) is 14.2. The van der Waals surface area contributed by atoms with Crippen molar-refractivity contribution in [1.29, 1.82) is 0 Å². The fourth-order valence-electron chi connectivity index (χ4n) is 2.22. The van der Waals surface area contributed by atoms with E-state index in [1.165, 1.54) is 0 Å². The van der Waals surface area contributed by atoms with Crippen molar-refractivity contribution in [2.75, 3.05) is 7.05 Å². The summed E-state index contributed by atoms with van der Waals surface area (Å²) in [6, 6.07) is 9.01. The van der Waals surface area contributed by atoms with Gasteiger partial charge in [-0.05, 0) is 38.6 Å². The van der Waals surface area contributed by atoms with Crippen LogP contribution in [-0.4, -0.2) is 27.9 Å². The largest absolute Gasteiger partial charge is 0.316 e. The highest BCUT2D eigenvalue weighted by molar-refractivity contribution is 5.08. The van der Waals surface area contributed by atoms with Crippen molar-refractivity contribution in [3.63, 3.8) is 0 Å². The Hall–Kier alpha value is -1.68. The molecule has 2 unspecified atom stereocenters. The Morgan fingerprint density at radius 1 is 1.20 bits per heavy atom. The first-order chi connectivity index (χ1) is 9.72. The Balaban J connectivity index is 1.98. The van der Waals surface area contributed by atoms with Crippen LogP contribution in [0, 0.1) is 0 Å². The lowest BCUT2D eigenvalue weighted by atomic mass is 10.1. The predicted molar refractivity (Wildman–Crippen MR) is 81.7 cm³/mol. The molecule has 108 valence electrons. The molecule has 0 aliphatic carbocycles. The molecule has 0 bridgehead atoms. The monoisotopic (exact) mass is 272 g/mol. The van der Waals surface area contributed by atoms with Crippen molar-refractivity contribution in [3.8, 4) is 0 Å². The molecule has 0 spiro atoms. The van der Waals surface area contributed by atoms with E-state index in [4.69, 9.17) is 0 Å². The smallest absolute Gasteiger partial charge is 0.0640 e. The molecule has 2 aromatic rings. The Morgan fingerprint density at radius 2 is 2.00 bits per heavy atom. The first-order valence-corrected chi connectivity index (χ1v) is 7.34. The van der Waals surface area contributed by atoms with Crippen LogP contribution < -0.4 is 5.32 Å². The summed E-state index contributed by atoms with van der Waals surface area (Å²) in [6.07, 6.45) is 6.88. The van der Waals surface area contributed by atoms with E-state index in [1.807, 2.05) is 25.4 Å². The molecule has 0 saturated carbocycles. The molecule has 2 heterocycles. The molecule has 2 aromatic heterocycles. The summed E-state index contributed by atoms with van der Waals surface area (Å²) >= 11 is 0. The minimum Gasteiger partial charge on any atom is -0.316 e. The van der Waals surface area contributed by atoms with E-state index in [-0.39, 0.29) is 0 Å². The predicted octanol–water partition coefficient (Wildman–Crippen LogP) is 2.62. The average Bonchev–Trinajstić information content (AvgIpc) is 2.95. The van der Waals surface area contributed by atoms with Crippen LogP contribution in [0.3, 0.4) is 0 Å². The van der Waals surface area contributed by atoms with Crippen molar-refractivity contribution in [2.24, 2.45) is 0 Å². The first-order valence-electron chi connectivity index (χ1n) is 7.34. The molecule has 20 heavy (non-hydrogen) atoms. The standard InChI is InChI=1S/C16H24N4/c1-4-13(2)20-10-8-15(19-20)12-16(17-3)11-14-7-5-6-9-18-14/h5-10,13,16-17H,4,11-12H2,1-3H3. The lowest BCUT2D eigenvalue weighted by Gasteiger charge is -2.14. The summed E-state index contributed by atoms with van der Waals surface area (Å²) in [4.78, 5) is 4.39. The molecule has 4 nitrogen and oxygen atoms in total. The molecular weight excluding hydrogens is 248 g/mol. The highest BCUT2D eigenvalue weighted by Crippen LogP contribution is 2.11. The summed E-state index contributed by atoms with van der Waals surface area (Å²) in [7, 11) is 2.00. The van der Waals surface area contributed by atoms with Gasteiger partial charge in [-0.2, -0.15) is 5.10 Å². The molecule has 0 aliphatic rings. The van der Waals surface area contributed by atoms with E-state index >= 15 is 0 Å². The van der Waals surface area contributed by atoms with E-state index in [1.54, 1.807) is 0 Å². The van der Waals surface area contributed by atoms with Crippen molar-refractivity contribution in [1.82, 2.24) is 20.1 Å². The van der Waals surface area contributed by atoms with Crippen LogP contribution in [0.4, 0.5) is 0 Å². The summed E-state index contributed by atoms with van der Waals surface area (Å²) in [5.41, 5.74) is 2.26. The second-order valence-corrected chi connectivity index (χ2v) is 5.26. The van der Waals surface area contributed by atoms with Crippen molar-refractivity contribution >= 4 is 0 Å². The zero-order valence-corrected chi connectivity index (χ0v) is 12.6. The molecule has 0 radical (unpaired) electrons. The fourth-order valence-corrected chi connectivity index (χ4v) is 2.22. The van der Waals surface area contributed by atoms with Gasteiger partial charge in [0.2, 0.25) is 0 Å². The Labute approximate surface area is 121 Å². The van der Waals surface area contributed by atoms with Gasteiger partial charge in [0, 0.05) is 43.0 Å². The zero-order chi connectivity index (χ0) is 14.4. The molecule has 0 fully saturated rings. The molecule has 0 aliphatic heterocycles. The fraction of sp³-hybridized carbons (Fsp3) is 0.500. The van der Waals surface area contributed by atoms with Gasteiger partial charge in [0.1, 0.15) is 0 Å². The van der Waals surface area contributed by atoms with Crippen LogP contribution in [0.1, 0.15) is 37.7 Å². The van der Waals surface area contributed by atoms with Gasteiger partial charge >= 0.3 is 0 Å². The third kappa shape index (κ3) is 3.90. The first kappa shape index (κ1) is 14.7.